The van der Waals surface area contributed by atoms with E-state index >= 15 is 0 Å². The predicted molar refractivity (Wildman–Crippen MR) is 354 cm³/mol. The number of phenols is 1. The van der Waals surface area contributed by atoms with Crippen LogP contribution >= 0.6 is 23.2 Å². The number of aliphatic imine (C=N–C) groups is 2. The normalized spacial score (nSPS) is 11.7. The number of hydrogen-bond donors (Lipinski definition) is 7. The Hall–Kier alpha value is -10.6. The van der Waals surface area contributed by atoms with Crippen LogP contribution in [0, 0.1) is 0 Å². The largest absolute Gasteiger partial charge is 0.507 e. The molecule has 5 aliphatic rings. The highest BCUT2D eigenvalue weighted by Crippen LogP contribution is 2.48. The summed E-state index contributed by atoms with van der Waals surface area (Å²) in [6.45, 7) is 4.29. The van der Waals surface area contributed by atoms with Crippen molar-refractivity contribution in [2.75, 3.05) is 66.8 Å². The molecule has 0 atom stereocenters. The molecular weight excluding hydrogens is 1240 g/mol. The van der Waals surface area contributed by atoms with Gasteiger partial charge in [0.15, 0.2) is 5.43 Å². The fourth-order valence-corrected chi connectivity index (χ4v) is 10.6. The minimum atomic E-state index is -1.42. The zero-order valence-corrected chi connectivity index (χ0v) is 52.4. The second-order valence-corrected chi connectivity index (χ2v) is 22.4. The van der Waals surface area contributed by atoms with E-state index in [1.54, 1.807) is 12.1 Å². The second-order valence-electron chi connectivity index (χ2n) is 21.6. The Morgan fingerprint density at radius 1 is 0.667 bits per heavy atom. The molecule has 482 valence electrons. The molecule has 0 spiro atoms. The summed E-state index contributed by atoms with van der Waals surface area (Å²) in [7, 11) is 11.7. The number of carbonyl (C=O) groups is 7. The number of carbonyl (C=O) groups excluding carboxylic acids is 4. The Bertz CT molecular complexity index is 4530. The molecular formula is C68H67Cl2N8O15+. The van der Waals surface area contributed by atoms with Crippen molar-refractivity contribution in [1.29, 1.82) is 0 Å². The molecule has 25 heteroatoms. The number of rotatable bonds is 17. The van der Waals surface area contributed by atoms with Crippen LogP contribution in [-0.4, -0.2) is 145 Å². The molecule has 0 bridgehead atoms. The quantitative estimate of drug-likeness (QED) is 0.0111. The number of phenolic OH excluding ortho intramolecular Hbond substituents is 1. The lowest BCUT2D eigenvalue weighted by molar-refractivity contribution is -0.171. The van der Waals surface area contributed by atoms with Gasteiger partial charge in [-0.25, -0.2) is 28.9 Å². The van der Waals surface area contributed by atoms with Crippen molar-refractivity contribution >= 4 is 98.4 Å². The fourth-order valence-electron chi connectivity index (χ4n) is 9.96. The lowest BCUT2D eigenvalue weighted by Gasteiger charge is -2.21. The number of nitrogens with zero attached hydrogens (tertiary/aromatic N) is 6. The molecule has 1 fully saturated rings. The zero-order valence-electron chi connectivity index (χ0n) is 50.9. The number of carboxylic acids is 3. The second kappa shape index (κ2) is 30.5. The summed E-state index contributed by atoms with van der Waals surface area (Å²) >= 11 is 13.9. The Kier molecular flexibility index (Phi) is 22.9. The third-order valence-corrected chi connectivity index (χ3v) is 15.3. The average Bonchev–Trinajstić information content (AvgIpc) is 0.975. The molecule has 7 N–H and O–H groups in total. The molecule has 93 heavy (non-hydrogen) atoms. The molecule has 23 nitrogen and oxygen atoms in total. The van der Waals surface area contributed by atoms with E-state index in [0.717, 1.165) is 43.2 Å². The van der Waals surface area contributed by atoms with Crippen LogP contribution in [-0.2, 0) is 22.7 Å². The number of nitrogens with one attached hydrogen (secondary N) is 2. The van der Waals surface area contributed by atoms with Crippen molar-refractivity contribution in [2.24, 2.45) is 9.98 Å². The number of aromatic carboxylic acids is 3. The molecule has 0 radical (unpaired) electrons. The number of fused-ring (bicyclic) bond motifs is 4. The number of carboxylic acid groups (broad SMARTS) is 3. The molecule has 1 saturated heterocycles. The van der Waals surface area contributed by atoms with E-state index in [2.05, 4.69) is 45.6 Å². The molecule has 5 aromatic carbocycles. The highest BCUT2D eigenvalue weighted by Gasteiger charge is 2.31. The van der Waals surface area contributed by atoms with Gasteiger partial charge in [0, 0.05) is 108 Å². The molecule has 0 saturated carbocycles. The SMILES string of the molecule is C.CCN=C=NCCCN(C)C.CN(C)c1ccc2c(-c3c(Cl)cc(C(=O)NCc4ccc(C(=O)NCc5c(O)ccc6c(-c7cc(C(=O)O)ccc7C(=O)O)c7ccc(=O)cc-7oc56)cc4)c(Cl)c3C(=O)O)c3ccc(=[N+](C)C)cc-3oc2c1.O=C1CCC(=O)N1O. The van der Waals surface area contributed by atoms with Gasteiger partial charge in [-0.1, -0.05) is 42.8 Å². The van der Waals surface area contributed by atoms with Gasteiger partial charge in [0.05, 0.1) is 63.0 Å². The van der Waals surface area contributed by atoms with E-state index in [0.29, 0.717) is 39.0 Å². The molecule has 4 amide bonds. The van der Waals surface area contributed by atoms with Crippen molar-refractivity contribution in [3.8, 4) is 50.7 Å². The number of halogens is 2. The molecule has 0 aromatic heterocycles. The van der Waals surface area contributed by atoms with Crippen LogP contribution in [0.2, 0.25) is 10.0 Å². The number of hydrogen-bond acceptors (Lipinski definition) is 16. The zero-order chi connectivity index (χ0) is 66.8. The van der Waals surface area contributed by atoms with Crippen LogP contribution in [0.3, 0.4) is 0 Å². The van der Waals surface area contributed by atoms with Crippen molar-refractivity contribution in [2.45, 2.75) is 46.7 Å². The lowest BCUT2D eigenvalue weighted by Crippen LogP contribution is -2.25. The number of imide groups is 1. The molecule has 3 heterocycles. The predicted octanol–water partition coefficient (Wildman–Crippen LogP) is 10.4. The van der Waals surface area contributed by atoms with Gasteiger partial charge >= 0.3 is 17.9 Å². The monoisotopic (exact) mass is 1310 g/mol. The first-order chi connectivity index (χ1) is 43.8. The molecule has 2 aliphatic carbocycles. The van der Waals surface area contributed by atoms with Crippen LogP contribution in [0.4, 0.5) is 5.69 Å². The van der Waals surface area contributed by atoms with Gasteiger partial charge in [-0.15, -0.1) is 0 Å². The summed E-state index contributed by atoms with van der Waals surface area (Å²) in [6, 6.07) is 31.4. The van der Waals surface area contributed by atoms with Gasteiger partial charge in [0.1, 0.15) is 42.5 Å². The van der Waals surface area contributed by atoms with E-state index in [1.807, 2.05) is 81.0 Å². The number of hydroxylamine groups is 2. The maximum absolute atomic E-state index is 13.8. The summed E-state index contributed by atoms with van der Waals surface area (Å²) in [5.41, 5.74) is 2.34. The fraction of sp³-hybridized carbons (Fsp3) is 0.235. The van der Waals surface area contributed by atoms with E-state index in [1.165, 1.54) is 60.7 Å². The molecule has 5 aromatic rings. The van der Waals surface area contributed by atoms with Crippen molar-refractivity contribution in [1.82, 2.24) is 25.2 Å². The number of amides is 4. The van der Waals surface area contributed by atoms with Crippen LogP contribution in [0.15, 0.2) is 139 Å². The van der Waals surface area contributed by atoms with E-state index < -0.39 is 47.0 Å². The average molecular weight is 1310 g/mol. The number of aromatic hydroxyl groups is 1. The Morgan fingerprint density at radius 2 is 1.31 bits per heavy atom. The highest BCUT2D eigenvalue weighted by atomic mass is 35.5. The standard InChI is InChI=1S/C55H40Cl2N4O12.C8H17N3.C4H5NO3.CH4/c1-60(2)29-10-14-34-42(20-29)72-43-21-30(61(3)4)11-15-35(43)46(34)47-40(56)23-38(49(57)48(47)55(70)71)52(65)58-24-26-5-7-27(8-6-26)51(64)59-25-39-41(63)18-17-36-45(33-16-12-31(62)22-44(33)73-50(36)39)37-19-28(53(66)67)9-13-32(37)54(68)69;1-4-9-8-10-6-5-7-11(2)3;6-3-1-2-4(7)5(3)8;/h5-23H,24-25H2,1-4H3,(H5-,58,59,62,63,64,65,66,67,68,69,70,71);4-7H2,1-3H3;8H,1-2H2;1H4/p+1. The van der Waals surface area contributed by atoms with Gasteiger partial charge in [0.2, 0.25) is 5.36 Å². The van der Waals surface area contributed by atoms with Gasteiger partial charge < -0.3 is 49.7 Å². The van der Waals surface area contributed by atoms with E-state index in [-0.39, 0.29) is 121 Å². The van der Waals surface area contributed by atoms with Crippen molar-refractivity contribution in [3.05, 3.63) is 180 Å². The number of benzene rings is 7. The topological polar surface area (TPSA) is 326 Å². The first kappa shape index (κ1) is 69.9. The summed E-state index contributed by atoms with van der Waals surface area (Å²) in [5.74, 6) is -6.19. The van der Waals surface area contributed by atoms with Crippen LogP contribution in [0.5, 0.6) is 5.75 Å². The highest BCUT2D eigenvalue weighted by molar-refractivity contribution is 6.41. The van der Waals surface area contributed by atoms with Gasteiger partial charge in [-0.3, -0.25) is 29.2 Å². The van der Waals surface area contributed by atoms with E-state index in [9.17, 15) is 58.8 Å². The first-order valence-corrected chi connectivity index (χ1v) is 29.2. The van der Waals surface area contributed by atoms with Gasteiger partial charge in [-0.2, -0.15) is 5.06 Å². The number of anilines is 1. The summed E-state index contributed by atoms with van der Waals surface area (Å²) in [6.07, 6.45) is 1.38. The van der Waals surface area contributed by atoms with E-state index in [4.69, 9.17) is 37.2 Å². The van der Waals surface area contributed by atoms with Crippen LogP contribution in [0.25, 0.3) is 66.8 Å². The molecule has 0 unspecified atom stereocenters. The minimum absolute atomic E-state index is 0. The van der Waals surface area contributed by atoms with Crippen LogP contribution < -0.4 is 30.9 Å². The Labute approximate surface area is 543 Å². The van der Waals surface area contributed by atoms with Crippen LogP contribution in [0.1, 0.15) is 96.5 Å². The Balaban J connectivity index is 0.000000528. The lowest BCUT2D eigenvalue weighted by atomic mass is 9.89. The summed E-state index contributed by atoms with van der Waals surface area (Å²) in [4.78, 5) is 110. The minimum Gasteiger partial charge on any atom is -0.507 e. The smallest absolute Gasteiger partial charge is 0.337 e. The summed E-state index contributed by atoms with van der Waals surface area (Å²) < 4.78 is 14.5. The molecule has 10 rings (SSSR count). The Morgan fingerprint density at radius 3 is 1.92 bits per heavy atom. The van der Waals surface area contributed by atoms with Crippen molar-refractivity contribution in [3.63, 3.8) is 0 Å². The van der Waals surface area contributed by atoms with Gasteiger partial charge in [0.25, 0.3) is 23.6 Å². The maximum Gasteiger partial charge on any atom is 0.337 e. The third kappa shape index (κ3) is 16.0. The summed E-state index contributed by atoms with van der Waals surface area (Å²) in [5, 5.41) is 57.0. The van der Waals surface area contributed by atoms with Gasteiger partial charge in [-0.05, 0) is 124 Å². The maximum atomic E-state index is 13.8. The molecule has 3 aliphatic heterocycles. The first-order valence-electron chi connectivity index (χ1n) is 28.5. The third-order valence-electron chi connectivity index (χ3n) is 14.6. The van der Waals surface area contributed by atoms with Crippen molar-refractivity contribution < 1.29 is 68.0 Å².